The summed E-state index contributed by atoms with van der Waals surface area (Å²) in [6.45, 7) is 0.557. The van der Waals surface area contributed by atoms with E-state index in [1.165, 1.54) is 0 Å². The van der Waals surface area contributed by atoms with Crippen LogP contribution in [0.4, 0.5) is 10.5 Å². The van der Waals surface area contributed by atoms with E-state index in [9.17, 15) is 14.4 Å². The summed E-state index contributed by atoms with van der Waals surface area (Å²) in [6.07, 6.45) is -0.129. The molecule has 1 atom stereocenters. The Hall–Kier alpha value is -3.55. The van der Waals surface area contributed by atoms with Crippen molar-refractivity contribution in [1.82, 2.24) is 10.6 Å². The Morgan fingerprint density at radius 2 is 1.75 bits per heavy atom. The van der Waals surface area contributed by atoms with Crippen molar-refractivity contribution in [2.45, 2.75) is 12.5 Å². The second kappa shape index (κ2) is 8.90. The first-order valence-corrected chi connectivity index (χ1v) is 8.81. The van der Waals surface area contributed by atoms with E-state index in [0.717, 1.165) is 10.6 Å². The number of methoxy groups -OCH3 is 1. The standard InChI is InChI=1S/C20H21N3O5/c1-27-15-7-9-16(10-8-15)28-12-11-21-18(24)13-17-19(25)23(20(26)22-17)14-5-3-2-4-6-14/h2-10,17H,11-13H2,1H3,(H,21,24)(H,22,26)/t17-/m0/s1. The van der Waals surface area contributed by atoms with Crippen LogP contribution in [0.1, 0.15) is 6.42 Å². The van der Waals surface area contributed by atoms with Crippen LogP contribution in [0.3, 0.4) is 0 Å². The molecular weight excluding hydrogens is 362 g/mol. The van der Waals surface area contributed by atoms with Gasteiger partial charge in [0.15, 0.2) is 0 Å². The van der Waals surface area contributed by atoms with Crippen molar-refractivity contribution in [3.8, 4) is 11.5 Å². The molecule has 8 heteroatoms. The van der Waals surface area contributed by atoms with E-state index in [4.69, 9.17) is 9.47 Å². The van der Waals surface area contributed by atoms with Crippen molar-refractivity contribution in [2.24, 2.45) is 0 Å². The zero-order chi connectivity index (χ0) is 19.9. The van der Waals surface area contributed by atoms with Gasteiger partial charge in [-0.25, -0.2) is 9.69 Å². The molecule has 0 aromatic heterocycles. The highest BCUT2D eigenvalue weighted by Gasteiger charge is 2.39. The van der Waals surface area contributed by atoms with E-state index in [-0.39, 0.29) is 25.5 Å². The Balaban J connectivity index is 1.43. The van der Waals surface area contributed by atoms with Crippen LogP contribution < -0.4 is 25.0 Å². The Kier molecular flexibility index (Phi) is 6.11. The fourth-order valence-electron chi connectivity index (χ4n) is 2.78. The van der Waals surface area contributed by atoms with Crippen LogP contribution in [0.2, 0.25) is 0 Å². The van der Waals surface area contributed by atoms with Crippen molar-refractivity contribution >= 4 is 23.5 Å². The van der Waals surface area contributed by atoms with E-state index in [2.05, 4.69) is 10.6 Å². The first-order valence-electron chi connectivity index (χ1n) is 8.81. The summed E-state index contributed by atoms with van der Waals surface area (Å²) in [4.78, 5) is 37.7. The number of carbonyl (C=O) groups excluding carboxylic acids is 3. The molecule has 2 N–H and O–H groups in total. The maximum Gasteiger partial charge on any atom is 0.329 e. The van der Waals surface area contributed by atoms with Gasteiger partial charge in [0.1, 0.15) is 24.1 Å². The van der Waals surface area contributed by atoms with Crippen molar-refractivity contribution in [3.63, 3.8) is 0 Å². The van der Waals surface area contributed by atoms with Crippen LogP contribution in [-0.4, -0.2) is 44.1 Å². The zero-order valence-corrected chi connectivity index (χ0v) is 15.4. The van der Waals surface area contributed by atoms with E-state index in [0.29, 0.717) is 11.4 Å². The highest BCUT2D eigenvalue weighted by atomic mass is 16.5. The molecule has 0 bridgehead atoms. The van der Waals surface area contributed by atoms with Gasteiger partial charge in [0, 0.05) is 0 Å². The van der Waals surface area contributed by atoms with Gasteiger partial charge >= 0.3 is 6.03 Å². The number of urea groups is 1. The molecule has 0 spiro atoms. The minimum Gasteiger partial charge on any atom is -0.497 e. The number of hydrogen-bond acceptors (Lipinski definition) is 5. The summed E-state index contributed by atoms with van der Waals surface area (Å²) in [5.74, 6) is 0.605. The third-order valence-electron chi connectivity index (χ3n) is 4.18. The monoisotopic (exact) mass is 383 g/mol. The number of hydrogen-bond donors (Lipinski definition) is 2. The first-order chi connectivity index (χ1) is 13.6. The summed E-state index contributed by atoms with van der Waals surface area (Å²) in [5.41, 5.74) is 0.473. The summed E-state index contributed by atoms with van der Waals surface area (Å²) in [7, 11) is 1.59. The first kappa shape index (κ1) is 19.2. The average molecular weight is 383 g/mol. The van der Waals surface area contributed by atoms with Gasteiger partial charge in [0.05, 0.1) is 25.8 Å². The fourth-order valence-corrected chi connectivity index (χ4v) is 2.78. The molecule has 2 aromatic carbocycles. The highest BCUT2D eigenvalue weighted by Crippen LogP contribution is 2.20. The molecule has 3 rings (SSSR count). The van der Waals surface area contributed by atoms with Crippen molar-refractivity contribution in [2.75, 3.05) is 25.2 Å². The van der Waals surface area contributed by atoms with Gasteiger partial charge in [-0.2, -0.15) is 0 Å². The topological polar surface area (TPSA) is 97.0 Å². The smallest absolute Gasteiger partial charge is 0.329 e. The second-order valence-corrected chi connectivity index (χ2v) is 6.09. The molecule has 0 radical (unpaired) electrons. The molecule has 28 heavy (non-hydrogen) atoms. The molecule has 1 aliphatic rings. The van der Waals surface area contributed by atoms with Crippen LogP contribution in [0.25, 0.3) is 0 Å². The van der Waals surface area contributed by atoms with Crippen molar-refractivity contribution in [1.29, 1.82) is 0 Å². The lowest BCUT2D eigenvalue weighted by molar-refractivity contribution is -0.125. The number of benzene rings is 2. The van der Waals surface area contributed by atoms with Gasteiger partial charge in [0.25, 0.3) is 5.91 Å². The van der Waals surface area contributed by atoms with E-state index in [1.807, 2.05) is 0 Å². The lowest BCUT2D eigenvalue weighted by Crippen LogP contribution is -2.37. The summed E-state index contributed by atoms with van der Waals surface area (Å²) in [6, 6.07) is 14.3. The summed E-state index contributed by atoms with van der Waals surface area (Å²) in [5, 5.41) is 5.23. The minimum absolute atomic E-state index is 0.129. The zero-order valence-electron chi connectivity index (χ0n) is 15.4. The quantitative estimate of drug-likeness (QED) is 0.534. The maximum atomic E-state index is 12.4. The molecular formula is C20H21N3O5. The van der Waals surface area contributed by atoms with Gasteiger partial charge in [-0.3, -0.25) is 9.59 Å². The molecule has 4 amide bonds. The average Bonchev–Trinajstić information content (AvgIpc) is 2.99. The van der Waals surface area contributed by atoms with Crippen molar-refractivity contribution < 1.29 is 23.9 Å². The van der Waals surface area contributed by atoms with Gasteiger partial charge in [0.2, 0.25) is 5.91 Å². The van der Waals surface area contributed by atoms with E-state index in [1.54, 1.807) is 61.7 Å². The number of para-hydroxylation sites is 1. The Labute approximate surface area is 162 Å². The Bertz CT molecular complexity index is 839. The highest BCUT2D eigenvalue weighted by molar-refractivity contribution is 6.22. The Morgan fingerprint density at radius 1 is 1.07 bits per heavy atom. The normalized spacial score (nSPS) is 15.9. The number of nitrogens with zero attached hydrogens (tertiary/aromatic N) is 1. The lowest BCUT2D eigenvalue weighted by Gasteiger charge is -2.13. The van der Waals surface area contributed by atoms with Gasteiger partial charge in [-0.15, -0.1) is 0 Å². The predicted octanol–water partition coefficient (Wildman–Crippen LogP) is 1.71. The largest absolute Gasteiger partial charge is 0.497 e. The number of rotatable bonds is 8. The van der Waals surface area contributed by atoms with Crippen LogP contribution >= 0.6 is 0 Å². The summed E-state index contributed by atoms with van der Waals surface area (Å²) < 4.78 is 10.6. The predicted molar refractivity (Wildman–Crippen MR) is 102 cm³/mol. The van der Waals surface area contributed by atoms with Crippen LogP contribution in [-0.2, 0) is 9.59 Å². The molecule has 2 aromatic rings. The molecule has 146 valence electrons. The lowest BCUT2D eigenvalue weighted by atomic mass is 10.2. The Morgan fingerprint density at radius 3 is 2.43 bits per heavy atom. The number of carbonyl (C=O) groups is 3. The van der Waals surface area contributed by atoms with Crippen LogP contribution in [0, 0.1) is 0 Å². The minimum atomic E-state index is -0.879. The molecule has 1 fully saturated rings. The fraction of sp³-hybridized carbons (Fsp3) is 0.250. The number of nitrogens with one attached hydrogen (secondary N) is 2. The van der Waals surface area contributed by atoms with E-state index < -0.39 is 18.0 Å². The number of amides is 4. The maximum absolute atomic E-state index is 12.4. The van der Waals surface area contributed by atoms with Crippen LogP contribution in [0.15, 0.2) is 54.6 Å². The van der Waals surface area contributed by atoms with Gasteiger partial charge < -0.3 is 20.1 Å². The second-order valence-electron chi connectivity index (χ2n) is 6.09. The number of anilines is 1. The third-order valence-corrected chi connectivity index (χ3v) is 4.18. The van der Waals surface area contributed by atoms with Crippen molar-refractivity contribution in [3.05, 3.63) is 54.6 Å². The number of ether oxygens (including phenoxy) is 2. The number of imide groups is 1. The van der Waals surface area contributed by atoms with Gasteiger partial charge in [-0.05, 0) is 36.4 Å². The summed E-state index contributed by atoms with van der Waals surface area (Å²) >= 11 is 0. The molecule has 0 aliphatic carbocycles. The molecule has 1 aliphatic heterocycles. The van der Waals surface area contributed by atoms with Gasteiger partial charge in [-0.1, -0.05) is 18.2 Å². The van der Waals surface area contributed by atoms with Crippen LogP contribution in [0.5, 0.6) is 11.5 Å². The third kappa shape index (κ3) is 4.59. The molecule has 1 saturated heterocycles. The molecule has 0 saturated carbocycles. The SMILES string of the molecule is COc1ccc(OCCNC(=O)C[C@@H]2NC(=O)N(c3ccccc3)C2=O)cc1. The molecule has 1 heterocycles. The molecule has 8 nitrogen and oxygen atoms in total. The molecule has 0 unspecified atom stereocenters. The van der Waals surface area contributed by atoms with E-state index >= 15 is 0 Å².